The first-order valence-corrected chi connectivity index (χ1v) is 6.21. The number of amides is 1. The Morgan fingerprint density at radius 2 is 2.05 bits per heavy atom. The number of benzene rings is 2. The van der Waals surface area contributed by atoms with Crippen LogP contribution in [0.5, 0.6) is 17.2 Å². The summed E-state index contributed by atoms with van der Waals surface area (Å²) in [6, 6.07) is 9.50. The number of rotatable bonds is 2. The number of anilines is 1. The molecule has 0 bridgehead atoms. The maximum atomic E-state index is 12.1. The van der Waals surface area contributed by atoms with Gasteiger partial charge in [-0.3, -0.25) is 4.79 Å². The molecule has 0 aromatic heterocycles. The van der Waals surface area contributed by atoms with Gasteiger partial charge in [-0.25, -0.2) is 0 Å². The highest BCUT2D eigenvalue weighted by atomic mass is 35.5. The number of nitrogens with one attached hydrogen (secondary N) is 1. The third-order valence-electron chi connectivity index (χ3n) is 2.84. The van der Waals surface area contributed by atoms with E-state index in [1.54, 1.807) is 24.3 Å². The molecule has 1 amide bonds. The lowest BCUT2D eigenvalue weighted by molar-refractivity contribution is 0.102. The normalized spacial score (nSPS) is 12.2. The van der Waals surface area contributed by atoms with Crippen LogP contribution < -0.4 is 14.8 Å². The number of hydrogen-bond acceptors (Lipinski definition) is 4. The van der Waals surface area contributed by atoms with Crippen LogP contribution in [0.3, 0.4) is 0 Å². The lowest BCUT2D eigenvalue weighted by Crippen LogP contribution is -2.11. The van der Waals surface area contributed by atoms with Crippen LogP contribution in [-0.2, 0) is 0 Å². The second kappa shape index (κ2) is 4.94. The van der Waals surface area contributed by atoms with Crippen LogP contribution in [-0.4, -0.2) is 17.8 Å². The van der Waals surface area contributed by atoms with E-state index in [-0.39, 0.29) is 12.5 Å². The Morgan fingerprint density at radius 3 is 2.85 bits per heavy atom. The molecule has 0 unspecified atom stereocenters. The van der Waals surface area contributed by atoms with Crippen molar-refractivity contribution in [2.45, 2.75) is 0 Å². The predicted molar refractivity (Wildman–Crippen MR) is 73.6 cm³/mol. The molecule has 2 aromatic rings. The molecule has 6 heteroatoms. The van der Waals surface area contributed by atoms with Crippen LogP contribution in [0, 0.1) is 0 Å². The molecule has 0 aliphatic carbocycles. The van der Waals surface area contributed by atoms with Crippen LogP contribution in [0.15, 0.2) is 36.4 Å². The highest BCUT2D eigenvalue weighted by Crippen LogP contribution is 2.40. The predicted octanol–water partition coefficient (Wildman–Crippen LogP) is 3.03. The van der Waals surface area contributed by atoms with Crippen molar-refractivity contribution in [2.75, 3.05) is 12.1 Å². The van der Waals surface area contributed by atoms with Gasteiger partial charge in [-0.2, -0.15) is 0 Å². The quantitative estimate of drug-likeness (QED) is 0.835. The largest absolute Gasteiger partial charge is 0.506 e. The molecule has 0 saturated carbocycles. The SMILES string of the molecule is O=C(Nc1ccccc1O)c1cc(Cl)c2c(c1)OCO2. The molecule has 0 fully saturated rings. The summed E-state index contributed by atoms with van der Waals surface area (Å²) in [4.78, 5) is 12.1. The standard InChI is InChI=1S/C14H10ClNO4/c15-9-5-8(6-12-13(9)20-7-19-12)14(18)16-10-3-1-2-4-11(10)17/h1-6,17H,7H2,(H,16,18). The number of carbonyl (C=O) groups excluding carboxylic acids is 1. The molecular weight excluding hydrogens is 282 g/mol. The summed E-state index contributed by atoms with van der Waals surface area (Å²) in [7, 11) is 0. The number of fused-ring (bicyclic) bond motifs is 1. The number of hydrogen-bond donors (Lipinski definition) is 2. The highest BCUT2D eigenvalue weighted by Gasteiger charge is 2.21. The Labute approximate surface area is 119 Å². The number of phenols is 1. The molecule has 1 aliphatic heterocycles. The number of phenolic OH excluding ortho intramolecular Hbond substituents is 1. The number of ether oxygens (including phenoxy) is 2. The van der Waals surface area contributed by atoms with Crippen molar-refractivity contribution < 1.29 is 19.4 Å². The van der Waals surface area contributed by atoms with Gasteiger partial charge in [-0.05, 0) is 24.3 Å². The Hall–Kier alpha value is -2.40. The maximum Gasteiger partial charge on any atom is 0.255 e. The van der Waals surface area contributed by atoms with E-state index in [0.29, 0.717) is 27.8 Å². The van der Waals surface area contributed by atoms with Gasteiger partial charge in [0.25, 0.3) is 5.91 Å². The Bertz CT molecular complexity index is 687. The monoisotopic (exact) mass is 291 g/mol. The fourth-order valence-electron chi connectivity index (χ4n) is 1.87. The Balaban J connectivity index is 1.88. The first-order valence-electron chi connectivity index (χ1n) is 5.83. The molecule has 2 N–H and O–H groups in total. The van der Waals surface area contributed by atoms with E-state index < -0.39 is 5.91 Å². The van der Waals surface area contributed by atoms with Crippen molar-refractivity contribution in [2.24, 2.45) is 0 Å². The van der Waals surface area contributed by atoms with E-state index in [1.165, 1.54) is 12.1 Å². The fraction of sp³-hybridized carbons (Fsp3) is 0.0714. The fourth-order valence-corrected chi connectivity index (χ4v) is 2.14. The Morgan fingerprint density at radius 1 is 1.25 bits per heavy atom. The minimum Gasteiger partial charge on any atom is -0.506 e. The number of aromatic hydroxyl groups is 1. The topological polar surface area (TPSA) is 67.8 Å². The van der Waals surface area contributed by atoms with Crippen molar-refractivity contribution in [1.29, 1.82) is 0 Å². The van der Waals surface area contributed by atoms with E-state index in [9.17, 15) is 9.90 Å². The minimum absolute atomic E-state index is 0.00677. The zero-order valence-electron chi connectivity index (χ0n) is 10.2. The summed E-state index contributed by atoms with van der Waals surface area (Å²) in [6.45, 7) is 0.0829. The summed E-state index contributed by atoms with van der Waals surface area (Å²) in [6.07, 6.45) is 0. The van der Waals surface area contributed by atoms with Crippen LogP contribution >= 0.6 is 11.6 Å². The lowest BCUT2D eigenvalue weighted by Gasteiger charge is -2.08. The smallest absolute Gasteiger partial charge is 0.255 e. The highest BCUT2D eigenvalue weighted by molar-refractivity contribution is 6.32. The summed E-state index contributed by atoms with van der Waals surface area (Å²) in [5, 5.41) is 12.5. The minimum atomic E-state index is -0.397. The van der Waals surface area contributed by atoms with E-state index >= 15 is 0 Å². The summed E-state index contributed by atoms with van der Waals surface area (Å²) < 4.78 is 10.4. The van der Waals surface area contributed by atoms with Crippen LogP contribution in [0.2, 0.25) is 5.02 Å². The van der Waals surface area contributed by atoms with Crippen molar-refractivity contribution in [1.82, 2.24) is 0 Å². The molecule has 0 atom stereocenters. The number of carbonyl (C=O) groups is 1. The molecule has 102 valence electrons. The second-order valence-corrected chi connectivity index (χ2v) is 4.57. The zero-order chi connectivity index (χ0) is 14.1. The Kier molecular flexibility index (Phi) is 3.12. The van der Waals surface area contributed by atoms with Gasteiger partial charge in [-0.15, -0.1) is 0 Å². The molecule has 0 spiro atoms. The van der Waals surface area contributed by atoms with Crippen LogP contribution in [0.25, 0.3) is 0 Å². The van der Waals surface area contributed by atoms with Gasteiger partial charge in [-0.1, -0.05) is 23.7 Å². The number of para-hydroxylation sites is 2. The van der Waals surface area contributed by atoms with Gasteiger partial charge in [0.05, 0.1) is 10.7 Å². The molecule has 20 heavy (non-hydrogen) atoms. The lowest BCUT2D eigenvalue weighted by atomic mass is 10.1. The van der Waals surface area contributed by atoms with Gasteiger partial charge >= 0.3 is 0 Å². The first kappa shape index (κ1) is 12.6. The molecule has 1 heterocycles. The van der Waals surface area contributed by atoms with Crippen LogP contribution in [0.1, 0.15) is 10.4 Å². The molecule has 1 aliphatic rings. The molecule has 5 nitrogen and oxygen atoms in total. The van der Waals surface area contributed by atoms with Crippen molar-refractivity contribution in [3.8, 4) is 17.2 Å². The van der Waals surface area contributed by atoms with Gasteiger partial charge in [0.15, 0.2) is 11.5 Å². The van der Waals surface area contributed by atoms with Gasteiger partial charge in [0.1, 0.15) is 5.75 Å². The van der Waals surface area contributed by atoms with Crippen LogP contribution in [0.4, 0.5) is 5.69 Å². The van der Waals surface area contributed by atoms with Gasteiger partial charge in [0, 0.05) is 5.56 Å². The molecule has 2 aromatic carbocycles. The summed E-state index contributed by atoms with van der Waals surface area (Å²) in [5.41, 5.74) is 0.647. The average molecular weight is 292 g/mol. The van der Waals surface area contributed by atoms with Crippen molar-refractivity contribution in [3.63, 3.8) is 0 Å². The average Bonchev–Trinajstić information content (AvgIpc) is 2.90. The molecule has 0 saturated heterocycles. The number of halogens is 1. The van der Waals surface area contributed by atoms with E-state index in [4.69, 9.17) is 21.1 Å². The van der Waals surface area contributed by atoms with Gasteiger partial charge < -0.3 is 19.9 Å². The third kappa shape index (κ3) is 2.23. The third-order valence-corrected chi connectivity index (χ3v) is 3.12. The molecular formula is C14H10ClNO4. The van der Waals surface area contributed by atoms with E-state index in [1.807, 2.05) is 0 Å². The zero-order valence-corrected chi connectivity index (χ0v) is 11.0. The van der Waals surface area contributed by atoms with E-state index in [2.05, 4.69) is 5.32 Å². The van der Waals surface area contributed by atoms with E-state index in [0.717, 1.165) is 0 Å². The molecule has 3 rings (SSSR count). The first-order chi connectivity index (χ1) is 9.65. The second-order valence-electron chi connectivity index (χ2n) is 4.16. The van der Waals surface area contributed by atoms with Crippen molar-refractivity contribution in [3.05, 3.63) is 47.0 Å². The summed E-state index contributed by atoms with van der Waals surface area (Å²) in [5.74, 6) is 0.463. The maximum absolute atomic E-state index is 12.1. The molecule has 0 radical (unpaired) electrons. The van der Waals surface area contributed by atoms with Gasteiger partial charge in [0.2, 0.25) is 6.79 Å². The summed E-state index contributed by atoms with van der Waals surface area (Å²) >= 11 is 6.02. The van der Waals surface area contributed by atoms with Crippen molar-refractivity contribution >= 4 is 23.2 Å².